The van der Waals surface area contributed by atoms with Crippen molar-refractivity contribution in [1.82, 2.24) is 30.1 Å². The van der Waals surface area contributed by atoms with E-state index >= 15 is 0 Å². The molecule has 2 N–H and O–H groups in total. The highest BCUT2D eigenvalue weighted by Gasteiger charge is 2.51. The Morgan fingerprint density at radius 1 is 0.789 bits per heavy atom. The maximum absolute atomic E-state index is 13.8. The van der Waals surface area contributed by atoms with Crippen molar-refractivity contribution < 1.29 is 73.2 Å². The maximum Gasteiger partial charge on any atom is 0.493 e. The Hall–Kier alpha value is -6.17. The summed E-state index contributed by atoms with van der Waals surface area (Å²) in [5.41, 5.74) is 1.74. The number of alkyl halides is 9. The van der Waals surface area contributed by atoms with Crippen LogP contribution in [0.25, 0.3) is 10.9 Å². The number of aryl methyl sites for hydroxylation is 1. The van der Waals surface area contributed by atoms with Gasteiger partial charge in [0.15, 0.2) is 0 Å². The molecule has 1 saturated heterocycles. The molecule has 25 heteroatoms. The Morgan fingerprint density at radius 3 is 1.93 bits per heavy atom. The van der Waals surface area contributed by atoms with Gasteiger partial charge in [0.25, 0.3) is 5.91 Å². The lowest BCUT2D eigenvalue weighted by Gasteiger charge is -2.40. The van der Waals surface area contributed by atoms with Gasteiger partial charge in [-0.2, -0.15) is 44.6 Å². The Morgan fingerprint density at radius 2 is 1.35 bits per heavy atom. The first-order valence-electron chi connectivity index (χ1n) is 16.7. The third kappa shape index (κ3) is 10.2. The molecular formula is C32H30F9N9O7. The van der Waals surface area contributed by atoms with Gasteiger partial charge in [-0.05, 0) is 44.0 Å². The van der Waals surface area contributed by atoms with Crippen molar-refractivity contribution in [3.63, 3.8) is 0 Å². The molecule has 57 heavy (non-hydrogen) atoms. The molecule has 2 aromatic heterocycles. The summed E-state index contributed by atoms with van der Waals surface area (Å²) in [5, 5.41) is 9.62. The van der Waals surface area contributed by atoms with Gasteiger partial charge in [0.1, 0.15) is 5.82 Å². The van der Waals surface area contributed by atoms with E-state index < -0.39 is 70.7 Å². The van der Waals surface area contributed by atoms with E-state index in [2.05, 4.69) is 34.8 Å². The number of aromatic nitrogens is 3. The molecule has 1 aliphatic heterocycles. The average Bonchev–Trinajstić information content (AvgIpc) is 3.15. The fourth-order valence-electron chi connectivity index (χ4n) is 5.90. The summed E-state index contributed by atoms with van der Waals surface area (Å²) in [6, 6.07) is 5.25. The second-order valence-corrected chi connectivity index (χ2v) is 12.5. The van der Waals surface area contributed by atoms with Gasteiger partial charge in [0.2, 0.25) is 5.82 Å². The monoisotopic (exact) mass is 823 g/mol. The first kappa shape index (κ1) is 42.0. The molecule has 1 aromatic carbocycles. The van der Waals surface area contributed by atoms with Crippen molar-refractivity contribution in [3.05, 3.63) is 54.1 Å². The van der Waals surface area contributed by atoms with Gasteiger partial charge in [0, 0.05) is 54.9 Å². The van der Waals surface area contributed by atoms with Crippen LogP contribution in [0.15, 0.2) is 42.7 Å². The molecule has 1 aliphatic carbocycles. The predicted octanol–water partition coefficient (Wildman–Crippen LogP) is 4.62. The van der Waals surface area contributed by atoms with Crippen LogP contribution in [0.1, 0.15) is 41.9 Å². The zero-order valence-electron chi connectivity index (χ0n) is 29.2. The lowest BCUT2D eigenvalue weighted by Crippen LogP contribution is -2.58. The van der Waals surface area contributed by atoms with Gasteiger partial charge in [-0.25, -0.2) is 24.4 Å². The number of carbonyl (C=O) groups excluding carboxylic acids is 4. The van der Waals surface area contributed by atoms with E-state index in [1.807, 2.05) is 4.90 Å². The number of piperazine rings is 1. The summed E-state index contributed by atoms with van der Waals surface area (Å²) in [4.78, 5) is 76.9. The minimum atomic E-state index is -6.00. The molecule has 0 spiro atoms. The van der Waals surface area contributed by atoms with Crippen LogP contribution in [0.3, 0.4) is 0 Å². The standard InChI is InChI=1S/C32H30F9N9O7/c1-17-6-7-20-19(16-17)23(46-24(44-20)25(51)48-14-12-47(13-15-48)18-8-10-43-11-9-18)45-21-4-2-3-5-22(21)49(55-26(52)30(33,34)35)29(42)50(56-27(53)31(36,37)38)57-28(54)32(39,40)41/h6-11,16,21-22,42H,2-5,12-15H2,1H3,(H,44,45,46). The number of hydrogen-bond acceptors (Lipinski definition) is 13. The number of guanidine groups is 1. The molecule has 1 amide bonds. The quantitative estimate of drug-likeness (QED) is 0.157. The molecule has 1 saturated carbocycles. The van der Waals surface area contributed by atoms with E-state index in [0.717, 1.165) is 5.69 Å². The minimum Gasteiger partial charge on any atom is -0.368 e. The molecule has 0 bridgehead atoms. The zero-order valence-corrected chi connectivity index (χ0v) is 29.2. The first-order chi connectivity index (χ1) is 26.6. The van der Waals surface area contributed by atoms with E-state index in [4.69, 9.17) is 5.41 Å². The predicted molar refractivity (Wildman–Crippen MR) is 174 cm³/mol. The Labute approximate surface area is 314 Å². The van der Waals surface area contributed by atoms with E-state index in [-0.39, 0.29) is 61.3 Å². The summed E-state index contributed by atoms with van der Waals surface area (Å²) in [6.45, 7) is 3.05. The smallest absolute Gasteiger partial charge is 0.368 e. The second-order valence-electron chi connectivity index (χ2n) is 12.5. The molecule has 3 heterocycles. The number of hydrogen-bond donors (Lipinski definition) is 2. The fourth-order valence-corrected chi connectivity index (χ4v) is 5.90. The van der Waals surface area contributed by atoms with E-state index in [1.54, 1.807) is 49.6 Å². The van der Waals surface area contributed by atoms with Crippen molar-refractivity contribution in [3.8, 4) is 0 Å². The van der Waals surface area contributed by atoms with Gasteiger partial charge in [0.05, 0.1) is 17.6 Å². The number of hydroxylamine groups is 4. The maximum atomic E-state index is 13.8. The topological polar surface area (TPSA) is 183 Å². The molecule has 0 radical (unpaired) electrons. The molecule has 2 aliphatic rings. The number of nitrogens with zero attached hydrogens (tertiary/aromatic N) is 7. The van der Waals surface area contributed by atoms with Crippen LogP contribution in [-0.4, -0.2) is 117 Å². The molecule has 2 fully saturated rings. The van der Waals surface area contributed by atoms with Crippen molar-refractivity contribution in [1.29, 1.82) is 5.41 Å². The van der Waals surface area contributed by atoms with Gasteiger partial charge in [-0.15, -0.1) is 0 Å². The van der Waals surface area contributed by atoms with Gasteiger partial charge < -0.3 is 20.0 Å². The van der Waals surface area contributed by atoms with Crippen LogP contribution < -0.4 is 10.2 Å². The van der Waals surface area contributed by atoms with Crippen LogP contribution in [0, 0.1) is 12.3 Å². The minimum absolute atomic E-state index is 0.0692. The molecule has 5 rings (SSSR count). The number of pyridine rings is 1. The van der Waals surface area contributed by atoms with Crippen LogP contribution in [0.5, 0.6) is 0 Å². The third-order valence-corrected chi connectivity index (χ3v) is 8.58. The van der Waals surface area contributed by atoms with Crippen LogP contribution in [0.4, 0.5) is 51.0 Å². The molecule has 308 valence electrons. The highest BCUT2D eigenvalue weighted by Crippen LogP contribution is 2.32. The van der Waals surface area contributed by atoms with Gasteiger partial charge in [-0.3, -0.25) is 24.9 Å². The molecule has 2 unspecified atom stereocenters. The average molecular weight is 824 g/mol. The van der Waals surface area contributed by atoms with E-state index in [0.29, 0.717) is 18.7 Å². The molecule has 16 nitrogen and oxygen atoms in total. The summed E-state index contributed by atoms with van der Waals surface area (Å²) in [5.74, 6) is -13.1. The number of carbonyl (C=O) groups is 4. The van der Waals surface area contributed by atoms with Gasteiger partial charge >= 0.3 is 42.4 Å². The summed E-state index contributed by atoms with van der Waals surface area (Å²) in [7, 11) is 0. The summed E-state index contributed by atoms with van der Waals surface area (Å²) >= 11 is 0. The Bertz CT molecular complexity index is 1970. The number of amides is 1. The molecule has 2 atom stereocenters. The number of benzene rings is 1. The van der Waals surface area contributed by atoms with Crippen molar-refractivity contribution in [2.75, 3.05) is 36.4 Å². The molecular weight excluding hydrogens is 793 g/mol. The first-order valence-corrected chi connectivity index (χ1v) is 16.7. The number of anilines is 2. The normalized spacial score (nSPS) is 17.7. The lowest BCUT2D eigenvalue weighted by molar-refractivity contribution is -0.326. The van der Waals surface area contributed by atoms with Crippen molar-refractivity contribution in [2.24, 2.45) is 0 Å². The summed E-state index contributed by atoms with van der Waals surface area (Å²) in [6.07, 6.45) is -14.7. The number of rotatable bonds is 5. The van der Waals surface area contributed by atoms with Crippen molar-refractivity contribution in [2.45, 2.75) is 63.2 Å². The van der Waals surface area contributed by atoms with E-state index in [9.17, 15) is 58.7 Å². The number of nitrogens with one attached hydrogen (secondary N) is 2. The van der Waals surface area contributed by atoms with Gasteiger partial charge in [-0.1, -0.05) is 24.5 Å². The third-order valence-electron chi connectivity index (χ3n) is 8.58. The van der Waals surface area contributed by atoms with Crippen molar-refractivity contribution >= 4 is 52.2 Å². The Balaban J connectivity index is 1.49. The van der Waals surface area contributed by atoms with Crippen LogP contribution in [0.2, 0.25) is 0 Å². The SMILES string of the molecule is Cc1ccc2nc(C(=O)N3CCN(c4ccncc4)CC3)nc(NC3CCCCC3N(OC(=O)C(F)(F)F)C(=N)N(OC(=O)C(F)(F)F)OC(=O)C(F)(F)F)c2c1. The van der Waals surface area contributed by atoms with E-state index in [1.165, 1.54) is 4.90 Å². The highest BCUT2D eigenvalue weighted by atomic mass is 19.4. The van der Waals surface area contributed by atoms with Crippen LogP contribution in [-0.2, 0) is 28.9 Å². The fraction of sp³-hybridized carbons (Fsp3) is 0.438. The molecule has 3 aromatic rings. The largest absolute Gasteiger partial charge is 0.493 e. The summed E-state index contributed by atoms with van der Waals surface area (Å²) < 4.78 is 119. The van der Waals surface area contributed by atoms with Crippen LogP contribution >= 0.6 is 0 Å². The lowest BCUT2D eigenvalue weighted by atomic mass is 9.90. The zero-order chi connectivity index (χ0) is 41.9. The second kappa shape index (κ2) is 16.5. The number of halogens is 9. The Kier molecular flexibility index (Phi) is 12.2. The number of fused-ring (bicyclic) bond motifs is 1. The highest BCUT2D eigenvalue weighted by molar-refractivity contribution is 5.97.